The molecule has 2 amide bonds. The van der Waals surface area contributed by atoms with E-state index in [-0.39, 0.29) is 12.1 Å². The maximum absolute atomic E-state index is 14.2. The van der Waals surface area contributed by atoms with Gasteiger partial charge in [0.2, 0.25) is 0 Å². The van der Waals surface area contributed by atoms with Crippen LogP contribution in [0.25, 0.3) is 0 Å². The summed E-state index contributed by atoms with van der Waals surface area (Å²) in [6.07, 6.45) is 4.17. The first-order valence-corrected chi connectivity index (χ1v) is 8.25. The van der Waals surface area contributed by atoms with Crippen LogP contribution in [0.3, 0.4) is 0 Å². The van der Waals surface area contributed by atoms with Crippen molar-refractivity contribution >= 4 is 6.03 Å². The summed E-state index contributed by atoms with van der Waals surface area (Å²) in [7, 11) is 3.21. The monoisotopic (exact) mass is 345 g/mol. The normalized spacial score (nSPS) is 13.0. The van der Waals surface area contributed by atoms with Gasteiger partial charge in [-0.2, -0.15) is 0 Å². The molecule has 0 fully saturated rings. The van der Waals surface area contributed by atoms with Gasteiger partial charge in [0, 0.05) is 19.4 Å². The van der Waals surface area contributed by atoms with Crippen molar-refractivity contribution in [2.24, 2.45) is 0 Å². The zero-order valence-corrected chi connectivity index (χ0v) is 15.0. The molecular weight excluding hydrogens is 321 g/mol. The SMILES string of the molecule is CC[C@@H](c1ccncc1)N(C)C(=O)N[C@H](C)c1c(F)cccc1OC. The van der Waals surface area contributed by atoms with Gasteiger partial charge in [0.15, 0.2) is 0 Å². The third-order valence-electron chi connectivity index (χ3n) is 4.27. The Bertz CT molecular complexity index is 709. The van der Waals surface area contributed by atoms with E-state index in [1.54, 1.807) is 43.4 Å². The number of hydrogen-bond acceptors (Lipinski definition) is 3. The van der Waals surface area contributed by atoms with E-state index >= 15 is 0 Å². The second kappa shape index (κ2) is 8.46. The van der Waals surface area contributed by atoms with E-state index in [1.807, 2.05) is 19.1 Å². The van der Waals surface area contributed by atoms with E-state index in [4.69, 9.17) is 4.74 Å². The number of urea groups is 1. The summed E-state index contributed by atoms with van der Waals surface area (Å²) >= 11 is 0. The Balaban J connectivity index is 2.15. The molecule has 0 unspecified atom stereocenters. The molecule has 0 bridgehead atoms. The first-order chi connectivity index (χ1) is 12.0. The Labute approximate surface area is 147 Å². The predicted octanol–water partition coefficient (Wildman–Crippen LogP) is 4.08. The number of benzene rings is 1. The number of hydrogen-bond donors (Lipinski definition) is 1. The van der Waals surface area contributed by atoms with Crippen LogP contribution in [0, 0.1) is 5.82 Å². The summed E-state index contributed by atoms with van der Waals surface area (Å²) in [5, 5.41) is 2.85. The van der Waals surface area contributed by atoms with Crippen molar-refractivity contribution in [3.8, 4) is 5.75 Å². The quantitative estimate of drug-likeness (QED) is 0.858. The third kappa shape index (κ3) is 4.26. The lowest BCUT2D eigenvalue weighted by Gasteiger charge is -2.29. The second-order valence-corrected chi connectivity index (χ2v) is 5.84. The number of ether oxygens (including phenoxy) is 1. The number of methoxy groups -OCH3 is 1. The molecule has 1 N–H and O–H groups in total. The first-order valence-electron chi connectivity index (χ1n) is 8.25. The number of carbonyl (C=O) groups excluding carboxylic acids is 1. The molecule has 134 valence electrons. The van der Waals surface area contributed by atoms with Gasteiger partial charge in [0.05, 0.1) is 24.8 Å². The Hall–Kier alpha value is -2.63. The van der Waals surface area contributed by atoms with Crippen LogP contribution in [-0.4, -0.2) is 30.1 Å². The van der Waals surface area contributed by atoms with Crippen molar-refractivity contribution in [1.82, 2.24) is 15.2 Å². The van der Waals surface area contributed by atoms with Gasteiger partial charge in [0.25, 0.3) is 0 Å². The topological polar surface area (TPSA) is 54.5 Å². The predicted molar refractivity (Wildman–Crippen MR) is 94.9 cm³/mol. The minimum Gasteiger partial charge on any atom is -0.496 e. The second-order valence-electron chi connectivity index (χ2n) is 5.84. The van der Waals surface area contributed by atoms with Crippen LogP contribution in [0.5, 0.6) is 5.75 Å². The fraction of sp³-hybridized carbons (Fsp3) is 0.368. The maximum atomic E-state index is 14.2. The fourth-order valence-electron chi connectivity index (χ4n) is 2.93. The lowest BCUT2D eigenvalue weighted by atomic mass is 10.0. The van der Waals surface area contributed by atoms with Crippen molar-refractivity contribution in [2.45, 2.75) is 32.4 Å². The highest BCUT2D eigenvalue weighted by Gasteiger charge is 2.24. The number of amides is 2. The number of pyridine rings is 1. The fourth-order valence-corrected chi connectivity index (χ4v) is 2.93. The lowest BCUT2D eigenvalue weighted by molar-refractivity contribution is 0.185. The minimum absolute atomic E-state index is 0.0854. The van der Waals surface area contributed by atoms with E-state index in [0.717, 1.165) is 12.0 Å². The summed E-state index contributed by atoms with van der Waals surface area (Å²) < 4.78 is 19.4. The van der Waals surface area contributed by atoms with Crippen molar-refractivity contribution in [3.63, 3.8) is 0 Å². The van der Waals surface area contributed by atoms with Gasteiger partial charge in [-0.05, 0) is 43.2 Å². The van der Waals surface area contributed by atoms with Gasteiger partial charge in [-0.25, -0.2) is 9.18 Å². The van der Waals surface area contributed by atoms with Crippen LogP contribution in [-0.2, 0) is 0 Å². The average Bonchev–Trinajstić information content (AvgIpc) is 2.62. The van der Waals surface area contributed by atoms with Crippen LogP contribution in [0.2, 0.25) is 0 Å². The summed E-state index contributed by atoms with van der Waals surface area (Å²) in [5.74, 6) is 0.00704. The molecule has 2 atom stereocenters. The molecule has 0 aliphatic rings. The molecule has 0 aliphatic carbocycles. The molecule has 2 aromatic rings. The number of nitrogens with zero attached hydrogens (tertiary/aromatic N) is 2. The van der Waals surface area contributed by atoms with Crippen LogP contribution in [0.4, 0.5) is 9.18 Å². The standard InChI is InChI=1S/C19H24FN3O2/c1-5-16(14-9-11-21-12-10-14)23(3)19(24)22-13(2)18-15(20)7-6-8-17(18)25-4/h6-13,16H,5H2,1-4H3,(H,22,24)/t13-,16+/m1/s1. The number of halogens is 1. The minimum atomic E-state index is -0.527. The maximum Gasteiger partial charge on any atom is 0.318 e. The van der Waals surface area contributed by atoms with Crippen LogP contribution < -0.4 is 10.1 Å². The molecule has 0 saturated carbocycles. The smallest absolute Gasteiger partial charge is 0.318 e. The summed E-state index contributed by atoms with van der Waals surface area (Å²) in [6.45, 7) is 3.75. The van der Waals surface area contributed by atoms with E-state index in [1.165, 1.54) is 13.2 Å². The molecule has 0 spiro atoms. The number of rotatable bonds is 6. The van der Waals surface area contributed by atoms with Gasteiger partial charge in [-0.3, -0.25) is 4.98 Å². The highest BCUT2D eigenvalue weighted by Crippen LogP contribution is 2.28. The Morgan fingerprint density at radius 1 is 1.32 bits per heavy atom. The molecule has 1 aromatic heterocycles. The molecule has 0 saturated heterocycles. The van der Waals surface area contributed by atoms with Gasteiger partial charge in [-0.1, -0.05) is 13.0 Å². The van der Waals surface area contributed by atoms with E-state index < -0.39 is 11.9 Å². The Morgan fingerprint density at radius 2 is 2.00 bits per heavy atom. The summed E-state index contributed by atoms with van der Waals surface area (Å²) in [4.78, 5) is 18.3. The molecule has 0 radical (unpaired) electrons. The van der Waals surface area contributed by atoms with Gasteiger partial charge in [-0.15, -0.1) is 0 Å². The van der Waals surface area contributed by atoms with Gasteiger partial charge < -0.3 is 15.0 Å². The molecule has 5 nitrogen and oxygen atoms in total. The van der Waals surface area contributed by atoms with Crippen LogP contribution >= 0.6 is 0 Å². The number of aromatic nitrogens is 1. The molecule has 6 heteroatoms. The van der Waals surface area contributed by atoms with Crippen molar-refractivity contribution < 1.29 is 13.9 Å². The molecule has 2 rings (SSSR count). The molecule has 0 aliphatic heterocycles. The molecule has 1 aromatic carbocycles. The van der Waals surface area contributed by atoms with Crippen molar-refractivity contribution in [2.75, 3.05) is 14.2 Å². The van der Waals surface area contributed by atoms with E-state index in [0.29, 0.717) is 11.3 Å². The Morgan fingerprint density at radius 3 is 2.60 bits per heavy atom. The van der Waals surface area contributed by atoms with Gasteiger partial charge in [0.1, 0.15) is 11.6 Å². The highest BCUT2D eigenvalue weighted by atomic mass is 19.1. The largest absolute Gasteiger partial charge is 0.496 e. The zero-order valence-electron chi connectivity index (χ0n) is 15.0. The lowest BCUT2D eigenvalue weighted by Crippen LogP contribution is -2.40. The van der Waals surface area contributed by atoms with Crippen molar-refractivity contribution in [1.29, 1.82) is 0 Å². The van der Waals surface area contributed by atoms with Crippen LogP contribution in [0.15, 0.2) is 42.7 Å². The number of carbonyl (C=O) groups is 1. The van der Waals surface area contributed by atoms with Gasteiger partial charge >= 0.3 is 6.03 Å². The van der Waals surface area contributed by atoms with E-state index in [2.05, 4.69) is 10.3 Å². The summed E-state index contributed by atoms with van der Waals surface area (Å²) in [5.41, 5.74) is 1.34. The summed E-state index contributed by atoms with van der Waals surface area (Å²) in [6, 6.07) is 7.50. The zero-order chi connectivity index (χ0) is 18.4. The average molecular weight is 345 g/mol. The molecule has 1 heterocycles. The molecular formula is C19H24FN3O2. The third-order valence-corrected chi connectivity index (χ3v) is 4.27. The molecule has 25 heavy (non-hydrogen) atoms. The first kappa shape index (κ1) is 18.7. The Kier molecular flexibility index (Phi) is 6.33. The van der Waals surface area contributed by atoms with Crippen LogP contribution in [0.1, 0.15) is 43.5 Å². The number of nitrogens with one attached hydrogen (secondary N) is 1. The highest BCUT2D eigenvalue weighted by molar-refractivity contribution is 5.75. The van der Waals surface area contributed by atoms with Crippen molar-refractivity contribution in [3.05, 3.63) is 59.7 Å². The van der Waals surface area contributed by atoms with E-state index in [9.17, 15) is 9.18 Å².